The first kappa shape index (κ1) is 23.6. The third-order valence-electron chi connectivity index (χ3n) is 6.30. The van der Waals surface area contributed by atoms with Gasteiger partial charge in [0.2, 0.25) is 0 Å². The number of methoxy groups -OCH3 is 2. The van der Waals surface area contributed by atoms with Gasteiger partial charge in [-0.15, -0.1) is 0 Å². The summed E-state index contributed by atoms with van der Waals surface area (Å²) >= 11 is 0. The van der Waals surface area contributed by atoms with Gasteiger partial charge < -0.3 is 19.5 Å². The molecule has 172 valence electrons. The van der Waals surface area contributed by atoms with Crippen molar-refractivity contribution in [3.8, 4) is 5.75 Å². The fourth-order valence-electron chi connectivity index (χ4n) is 4.41. The molecule has 0 radical (unpaired) electrons. The molecule has 4 atom stereocenters. The van der Waals surface area contributed by atoms with E-state index in [9.17, 15) is 14.4 Å². The Morgan fingerprint density at radius 3 is 2.41 bits per heavy atom. The molecule has 1 N–H and O–H groups in total. The number of Topliss-reactive ketones (excluding diaryl/α,β-unsaturated/α-hetero) is 1. The van der Waals surface area contributed by atoms with Gasteiger partial charge in [0.1, 0.15) is 11.7 Å². The summed E-state index contributed by atoms with van der Waals surface area (Å²) in [6.07, 6.45) is 0.908. The minimum atomic E-state index is -0.911. The highest BCUT2D eigenvalue weighted by Crippen LogP contribution is 2.45. The van der Waals surface area contributed by atoms with E-state index in [-0.39, 0.29) is 17.8 Å². The summed E-state index contributed by atoms with van der Waals surface area (Å²) in [6.45, 7) is 7.44. The van der Waals surface area contributed by atoms with Gasteiger partial charge in [0.05, 0.1) is 25.9 Å². The molecule has 1 aromatic rings. The van der Waals surface area contributed by atoms with E-state index in [4.69, 9.17) is 14.2 Å². The average Bonchev–Trinajstić information content (AvgIpc) is 2.77. The van der Waals surface area contributed by atoms with Crippen molar-refractivity contribution in [3.05, 3.63) is 52.4 Å². The summed E-state index contributed by atoms with van der Waals surface area (Å²) in [5, 5.41) is 3.26. The van der Waals surface area contributed by atoms with Crippen molar-refractivity contribution in [2.75, 3.05) is 14.2 Å². The van der Waals surface area contributed by atoms with Crippen molar-refractivity contribution in [3.63, 3.8) is 0 Å². The molecule has 0 saturated carbocycles. The van der Waals surface area contributed by atoms with Gasteiger partial charge in [-0.3, -0.25) is 9.59 Å². The highest BCUT2D eigenvalue weighted by atomic mass is 16.5. The van der Waals surface area contributed by atoms with E-state index in [0.717, 1.165) is 11.3 Å². The Morgan fingerprint density at radius 2 is 1.84 bits per heavy atom. The van der Waals surface area contributed by atoms with Crippen LogP contribution in [0.3, 0.4) is 0 Å². The van der Waals surface area contributed by atoms with Gasteiger partial charge in [0, 0.05) is 22.9 Å². The first-order valence-corrected chi connectivity index (χ1v) is 10.9. The molecule has 3 rings (SSSR count). The Labute approximate surface area is 188 Å². The molecule has 1 aliphatic carbocycles. The van der Waals surface area contributed by atoms with Crippen molar-refractivity contribution in [1.29, 1.82) is 0 Å². The molecule has 0 bridgehead atoms. The van der Waals surface area contributed by atoms with Gasteiger partial charge in [0.15, 0.2) is 5.78 Å². The van der Waals surface area contributed by atoms with Crippen molar-refractivity contribution in [2.45, 2.75) is 52.6 Å². The third kappa shape index (κ3) is 4.29. The average molecular weight is 442 g/mol. The second-order valence-corrected chi connectivity index (χ2v) is 8.43. The van der Waals surface area contributed by atoms with Gasteiger partial charge in [-0.1, -0.05) is 26.0 Å². The lowest BCUT2D eigenvalue weighted by atomic mass is 9.69. The van der Waals surface area contributed by atoms with Gasteiger partial charge in [-0.05, 0) is 50.3 Å². The lowest BCUT2D eigenvalue weighted by molar-refractivity contribution is -0.151. The molecule has 32 heavy (non-hydrogen) atoms. The third-order valence-corrected chi connectivity index (χ3v) is 6.30. The number of rotatable bonds is 6. The smallest absolute Gasteiger partial charge is 0.337 e. The zero-order chi connectivity index (χ0) is 23.6. The number of dihydropyridines is 1. The van der Waals surface area contributed by atoms with Crippen LogP contribution >= 0.6 is 0 Å². The van der Waals surface area contributed by atoms with E-state index in [2.05, 4.69) is 5.32 Å². The van der Waals surface area contributed by atoms with Gasteiger partial charge in [-0.2, -0.15) is 0 Å². The normalized spacial score (nSPS) is 23.8. The van der Waals surface area contributed by atoms with Crippen LogP contribution in [-0.2, 0) is 23.9 Å². The van der Waals surface area contributed by atoms with Crippen LogP contribution in [0.25, 0.3) is 0 Å². The van der Waals surface area contributed by atoms with Gasteiger partial charge >= 0.3 is 11.9 Å². The molecule has 7 heteroatoms. The highest BCUT2D eigenvalue weighted by molar-refractivity contribution is 6.12. The van der Waals surface area contributed by atoms with Crippen LogP contribution in [0.4, 0.5) is 0 Å². The van der Waals surface area contributed by atoms with Crippen LogP contribution in [0.15, 0.2) is 46.8 Å². The Bertz CT molecular complexity index is 975. The fraction of sp³-hybridized carbons (Fsp3) is 0.480. The maximum absolute atomic E-state index is 13.6. The molecule has 0 amide bonds. The van der Waals surface area contributed by atoms with E-state index in [0.29, 0.717) is 35.4 Å². The van der Waals surface area contributed by atoms with Crippen LogP contribution in [0, 0.1) is 11.8 Å². The predicted octanol–water partition coefficient (Wildman–Crippen LogP) is 3.65. The van der Waals surface area contributed by atoms with Crippen molar-refractivity contribution < 1.29 is 28.6 Å². The number of benzene rings is 1. The predicted molar refractivity (Wildman–Crippen MR) is 119 cm³/mol. The maximum Gasteiger partial charge on any atom is 0.337 e. The number of carbonyl (C=O) groups is 3. The molecule has 7 nitrogen and oxygen atoms in total. The number of nitrogens with one attached hydrogen (secondary N) is 1. The SMILES string of the molecule is CC[C@H](C)OC(=O)C1=C(C)NC2=C(C(=O)[C@H](C(=O)OC)[C@H](C)C2)[C@@H]1c1ccc(OC)cc1. The fourth-order valence-corrected chi connectivity index (χ4v) is 4.41. The number of carbonyl (C=O) groups excluding carboxylic acids is 3. The molecule has 0 spiro atoms. The van der Waals surface area contributed by atoms with E-state index in [1.807, 2.05) is 39.8 Å². The molecule has 1 aliphatic heterocycles. The number of ether oxygens (including phenoxy) is 3. The second-order valence-electron chi connectivity index (χ2n) is 8.43. The first-order valence-electron chi connectivity index (χ1n) is 10.9. The van der Waals surface area contributed by atoms with Crippen LogP contribution in [-0.4, -0.2) is 38.0 Å². The number of ketones is 1. The summed E-state index contributed by atoms with van der Waals surface area (Å²) in [4.78, 5) is 39.3. The van der Waals surface area contributed by atoms with E-state index >= 15 is 0 Å². The molecular weight excluding hydrogens is 410 g/mol. The molecule has 0 aromatic heterocycles. The number of hydrogen-bond acceptors (Lipinski definition) is 7. The van der Waals surface area contributed by atoms with E-state index in [1.165, 1.54) is 7.11 Å². The monoisotopic (exact) mass is 441 g/mol. The molecule has 0 saturated heterocycles. The van der Waals surface area contributed by atoms with Crippen LogP contribution in [0.1, 0.15) is 52.0 Å². The Kier molecular flexibility index (Phi) is 7.06. The zero-order valence-electron chi connectivity index (χ0n) is 19.5. The summed E-state index contributed by atoms with van der Waals surface area (Å²) in [5.74, 6) is -2.47. The molecular formula is C25H31NO6. The second kappa shape index (κ2) is 9.59. The van der Waals surface area contributed by atoms with Crippen LogP contribution < -0.4 is 10.1 Å². The van der Waals surface area contributed by atoms with Crippen LogP contribution in [0.2, 0.25) is 0 Å². The van der Waals surface area contributed by atoms with Crippen molar-refractivity contribution in [1.82, 2.24) is 5.32 Å². The molecule has 1 heterocycles. The summed E-state index contributed by atoms with van der Waals surface area (Å²) in [6, 6.07) is 7.25. The maximum atomic E-state index is 13.6. The number of hydrogen-bond donors (Lipinski definition) is 1. The number of allylic oxidation sites excluding steroid dienone is 3. The topological polar surface area (TPSA) is 90.9 Å². The summed E-state index contributed by atoms with van der Waals surface area (Å²) in [7, 11) is 2.86. The van der Waals surface area contributed by atoms with Crippen molar-refractivity contribution >= 4 is 17.7 Å². The Balaban J connectivity index is 2.15. The standard InChI is InChI=1S/C25H31NO6/c1-7-14(3)32-25(29)20-15(4)26-18-12-13(2)19(24(28)31-6)23(27)22(18)21(20)16-8-10-17(30-5)11-9-16/h8-11,13-14,19,21,26H,7,12H2,1-6H3/t13-,14+,19-,21-/m1/s1. The van der Waals surface area contributed by atoms with Gasteiger partial charge in [-0.25, -0.2) is 4.79 Å². The molecule has 0 fully saturated rings. The van der Waals surface area contributed by atoms with Crippen molar-refractivity contribution in [2.24, 2.45) is 11.8 Å². The van der Waals surface area contributed by atoms with Gasteiger partial charge in [0.25, 0.3) is 0 Å². The minimum Gasteiger partial charge on any atom is -0.497 e. The van der Waals surface area contributed by atoms with E-state index < -0.39 is 23.8 Å². The Hall–Kier alpha value is -3.09. The largest absolute Gasteiger partial charge is 0.497 e. The lowest BCUT2D eigenvalue weighted by Crippen LogP contribution is -2.43. The quantitative estimate of drug-likeness (QED) is 0.532. The highest BCUT2D eigenvalue weighted by Gasteiger charge is 2.47. The van der Waals surface area contributed by atoms with Crippen LogP contribution in [0.5, 0.6) is 5.75 Å². The summed E-state index contributed by atoms with van der Waals surface area (Å²) in [5.41, 5.74) is 2.93. The summed E-state index contributed by atoms with van der Waals surface area (Å²) < 4.78 is 15.8. The lowest BCUT2D eigenvalue weighted by Gasteiger charge is -2.38. The molecule has 2 aliphatic rings. The number of esters is 2. The molecule has 0 unspecified atom stereocenters. The minimum absolute atomic E-state index is 0.223. The Morgan fingerprint density at radius 1 is 1.19 bits per heavy atom. The molecule has 1 aromatic carbocycles. The first-order chi connectivity index (χ1) is 15.2. The zero-order valence-corrected chi connectivity index (χ0v) is 19.5. The van der Waals surface area contributed by atoms with E-state index in [1.54, 1.807) is 19.2 Å².